The molecule has 104 valence electrons. The summed E-state index contributed by atoms with van der Waals surface area (Å²) >= 11 is 6.47. The van der Waals surface area contributed by atoms with E-state index >= 15 is 0 Å². The summed E-state index contributed by atoms with van der Waals surface area (Å²) < 4.78 is 5.88. The Labute approximate surface area is 119 Å². The minimum absolute atomic E-state index is 0.385. The van der Waals surface area contributed by atoms with Crippen molar-refractivity contribution >= 4 is 17.3 Å². The Kier molecular flexibility index (Phi) is 3.96. The van der Waals surface area contributed by atoms with Gasteiger partial charge in [0.25, 0.3) is 0 Å². The van der Waals surface area contributed by atoms with Crippen LogP contribution in [-0.4, -0.2) is 31.8 Å². The van der Waals surface area contributed by atoms with Gasteiger partial charge >= 0.3 is 0 Å². The van der Waals surface area contributed by atoms with Gasteiger partial charge < -0.3 is 15.4 Å². The second-order valence-corrected chi connectivity index (χ2v) is 5.79. The summed E-state index contributed by atoms with van der Waals surface area (Å²) in [7, 11) is 0. The smallest absolute Gasteiger partial charge is 0.0779 e. The number of fused-ring (bicyclic) bond motifs is 1. The molecule has 3 nitrogen and oxygen atoms in total. The second kappa shape index (κ2) is 5.70. The maximum absolute atomic E-state index is 6.47. The van der Waals surface area contributed by atoms with E-state index in [2.05, 4.69) is 11.0 Å². The quantitative estimate of drug-likeness (QED) is 0.925. The third-order valence-electron chi connectivity index (χ3n) is 4.25. The van der Waals surface area contributed by atoms with Crippen LogP contribution < -0.4 is 10.6 Å². The molecule has 3 rings (SSSR count). The van der Waals surface area contributed by atoms with E-state index in [0.717, 1.165) is 24.6 Å². The molecule has 0 spiro atoms. The Hall–Kier alpha value is -0.770. The van der Waals surface area contributed by atoms with E-state index in [0.29, 0.717) is 18.7 Å². The van der Waals surface area contributed by atoms with Crippen molar-refractivity contribution in [3.63, 3.8) is 0 Å². The molecule has 2 aliphatic rings. The molecule has 1 heterocycles. The Morgan fingerprint density at radius 2 is 2.26 bits per heavy atom. The molecule has 2 N–H and O–H groups in total. The Balaban J connectivity index is 1.95. The van der Waals surface area contributed by atoms with Crippen molar-refractivity contribution in [3.8, 4) is 0 Å². The van der Waals surface area contributed by atoms with Gasteiger partial charge in [-0.3, -0.25) is 0 Å². The number of hydrogen-bond donors (Lipinski definition) is 1. The number of morpholine rings is 1. The normalized spacial score (nSPS) is 26.5. The molecule has 0 radical (unpaired) electrons. The number of nitrogens with zero attached hydrogens (tertiary/aromatic N) is 1. The number of hydrogen-bond acceptors (Lipinski definition) is 3. The van der Waals surface area contributed by atoms with Crippen LogP contribution in [0.1, 0.15) is 24.8 Å². The maximum atomic E-state index is 6.47. The van der Waals surface area contributed by atoms with Gasteiger partial charge in [0.2, 0.25) is 0 Å². The molecule has 2 atom stereocenters. The van der Waals surface area contributed by atoms with Crippen LogP contribution in [-0.2, 0) is 11.2 Å². The van der Waals surface area contributed by atoms with E-state index in [1.165, 1.54) is 30.5 Å². The van der Waals surface area contributed by atoms with Gasteiger partial charge in [-0.2, -0.15) is 0 Å². The minimum atomic E-state index is 0.385. The average molecular weight is 281 g/mol. The summed E-state index contributed by atoms with van der Waals surface area (Å²) in [5.41, 5.74) is 8.19. The summed E-state index contributed by atoms with van der Waals surface area (Å²) in [6.45, 7) is 2.39. The number of halogens is 1. The molecule has 4 heteroatoms. The van der Waals surface area contributed by atoms with Gasteiger partial charge in [0, 0.05) is 6.54 Å². The van der Waals surface area contributed by atoms with Crippen LogP contribution in [0, 0.1) is 0 Å². The molecule has 0 bridgehead atoms. The first kappa shape index (κ1) is 13.2. The van der Waals surface area contributed by atoms with E-state index in [4.69, 9.17) is 22.1 Å². The maximum Gasteiger partial charge on any atom is 0.0779 e. The summed E-state index contributed by atoms with van der Waals surface area (Å²) in [6.07, 6.45) is 4.90. The van der Waals surface area contributed by atoms with Crippen molar-refractivity contribution in [1.29, 1.82) is 0 Å². The van der Waals surface area contributed by atoms with Crippen LogP contribution in [0.3, 0.4) is 0 Å². The molecule has 1 aliphatic heterocycles. The molecule has 19 heavy (non-hydrogen) atoms. The third-order valence-corrected chi connectivity index (χ3v) is 4.56. The van der Waals surface area contributed by atoms with Gasteiger partial charge in [0.05, 0.1) is 29.5 Å². The summed E-state index contributed by atoms with van der Waals surface area (Å²) in [6, 6.07) is 6.64. The van der Waals surface area contributed by atoms with Crippen molar-refractivity contribution in [1.82, 2.24) is 0 Å². The highest BCUT2D eigenvalue weighted by Crippen LogP contribution is 2.38. The van der Waals surface area contributed by atoms with Crippen LogP contribution in [0.4, 0.5) is 5.69 Å². The van der Waals surface area contributed by atoms with E-state index in [-0.39, 0.29) is 0 Å². The molecule has 2 unspecified atom stereocenters. The lowest BCUT2D eigenvalue weighted by Gasteiger charge is -2.40. The first-order valence-electron chi connectivity index (χ1n) is 7.17. The average Bonchev–Trinajstić information content (AvgIpc) is 2.88. The van der Waals surface area contributed by atoms with Gasteiger partial charge in [-0.15, -0.1) is 0 Å². The standard InChI is InChI=1S/C15H21ClN2O/c16-12-4-1-3-11(7-8-17)15(12)18-9-10-19-14-6-2-5-13(14)18/h1,3-4,13-14H,2,5-10,17H2. The van der Waals surface area contributed by atoms with Crippen LogP contribution in [0.2, 0.25) is 5.02 Å². The molecule has 0 amide bonds. The largest absolute Gasteiger partial charge is 0.374 e. The van der Waals surface area contributed by atoms with E-state index in [1.54, 1.807) is 0 Å². The monoisotopic (exact) mass is 280 g/mol. The van der Waals surface area contributed by atoms with Gasteiger partial charge in [-0.05, 0) is 43.9 Å². The van der Waals surface area contributed by atoms with Gasteiger partial charge in [-0.25, -0.2) is 0 Å². The molecule has 1 aliphatic carbocycles. The summed E-state index contributed by atoms with van der Waals surface area (Å²) in [5, 5.41) is 0.846. The van der Waals surface area contributed by atoms with E-state index in [9.17, 15) is 0 Å². The summed E-state index contributed by atoms with van der Waals surface area (Å²) in [5.74, 6) is 0. The highest BCUT2D eigenvalue weighted by molar-refractivity contribution is 6.33. The zero-order valence-electron chi connectivity index (χ0n) is 11.1. The molecular formula is C15H21ClN2O. The van der Waals surface area contributed by atoms with Gasteiger partial charge in [0.15, 0.2) is 0 Å². The van der Waals surface area contributed by atoms with E-state index in [1.807, 2.05) is 12.1 Å². The lowest BCUT2D eigenvalue weighted by atomic mass is 10.0. The zero-order chi connectivity index (χ0) is 13.2. The Morgan fingerprint density at radius 3 is 3.11 bits per heavy atom. The second-order valence-electron chi connectivity index (χ2n) is 5.39. The molecule has 0 aromatic heterocycles. The first-order valence-corrected chi connectivity index (χ1v) is 7.55. The van der Waals surface area contributed by atoms with Crippen molar-refractivity contribution in [2.75, 3.05) is 24.6 Å². The third kappa shape index (κ3) is 2.47. The van der Waals surface area contributed by atoms with Crippen LogP contribution in [0.25, 0.3) is 0 Å². The number of benzene rings is 1. The predicted octanol–water partition coefficient (Wildman–Crippen LogP) is 2.60. The fourth-order valence-electron chi connectivity index (χ4n) is 3.44. The molecular weight excluding hydrogens is 260 g/mol. The Bertz CT molecular complexity index is 452. The molecule has 1 aromatic rings. The van der Waals surface area contributed by atoms with Crippen molar-refractivity contribution < 1.29 is 4.74 Å². The van der Waals surface area contributed by atoms with Crippen molar-refractivity contribution in [2.45, 2.75) is 37.8 Å². The molecule has 1 aromatic carbocycles. The van der Waals surface area contributed by atoms with Gasteiger partial charge in [-0.1, -0.05) is 23.7 Å². The lowest BCUT2D eigenvalue weighted by Crippen LogP contribution is -2.49. The van der Waals surface area contributed by atoms with Gasteiger partial charge in [0.1, 0.15) is 0 Å². The van der Waals surface area contributed by atoms with Crippen LogP contribution in [0.15, 0.2) is 18.2 Å². The minimum Gasteiger partial charge on any atom is -0.374 e. The Morgan fingerprint density at radius 1 is 1.37 bits per heavy atom. The van der Waals surface area contributed by atoms with Crippen LogP contribution >= 0.6 is 11.6 Å². The fourth-order valence-corrected chi connectivity index (χ4v) is 3.74. The lowest BCUT2D eigenvalue weighted by molar-refractivity contribution is 0.0256. The number of para-hydroxylation sites is 1. The zero-order valence-corrected chi connectivity index (χ0v) is 11.9. The highest BCUT2D eigenvalue weighted by atomic mass is 35.5. The first-order chi connectivity index (χ1) is 9.31. The topological polar surface area (TPSA) is 38.5 Å². The fraction of sp³-hybridized carbons (Fsp3) is 0.600. The highest BCUT2D eigenvalue weighted by Gasteiger charge is 2.37. The van der Waals surface area contributed by atoms with Crippen molar-refractivity contribution in [2.24, 2.45) is 5.73 Å². The van der Waals surface area contributed by atoms with E-state index < -0.39 is 0 Å². The molecule has 2 fully saturated rings. The molecule has 1 saturated carbocycles. The SMILES string of the molecule is NCCc1cccc(Cl)c1N1CCOC2CCCC21. The number of rotatable bonds is 3. The summed E-state index contributed by atoms with van der Waals surface area (Å²) in [4.78, 5) is 2.47. The number of nitrogens with two attached hydrogens (primary N) is 1. The van der Waals surface area contributed by atoms with Crippen LogP contribution in [0.5, 0.6) is 0 Å². The molecule has 1 saturated heterocycles. The predicted molar refractivity (Wildman–Crippen MR) is 78.9 cm³/mol. The number of anilines is 1. The van der Waals surface area contributed by atoms with Crippen molar-refractivity contribution in [3.05, 3.63) is 28.8 Å². The number of ether oxygens (including phenoxy) is 1.